The standard InChI is InChI=1S/C17H17N3O/c1-13-12-14(8-9-16(13)19)17(21)20(11-5-10-18)15-6-3-2-4-7-15/h2-4,6-9,12H,5,11,19H2,1H3. The number of amides is 1. The van der Waals surface area contributed by atoms with E-state index in [4.69, 9.17) is 11.0 Å². The third-order valence-electron chi connectivity index (χ3n) is 3.28. The molecule has 2 aromatic carbocycles. The van der Waals surface area contributed by atoms with E-state index in [0.29, 0.717) is 17.8 Å². The number of anilines is 2. The molecule has 2 rings (SSSR count). The van der Waals surface area contributed by atoms with Crippen LogP contribution in [0.3, 0.4) is 0 Å². The molecule has 0 aliphatic carbocycles. The zero-order valence-electron chi connectivity index (χ0n) is 11.9. The Morgan fingerprint density at radius 3 is 2.57 bits per heavy atom. The minimum absolute atomic E-state index is 0.125. The van der Waals surface area contributed by atoms with E-state index < -0.39 is 0 Å². The minimum Gasteiger partial charge on any atom is -0.399 e. The number of para-hydroxylation sites is 1. The molecule has 0 aliphatic rings. The average molecular weight is 279 g/mol. The van der Waals surface area contributed by atoms with Gasteiger partial charge in [-0.05, 0) is 42.8 Å². The predicted molar refractivity (Wildman–Crippen MR) is 83.9 cm³/mol. The summed E-state index contributed by atoms with van der Waals surface area (Å²) in [5.41, 5.74) is 8.68. The normalized spacial score (nSPS) is 9.90. The van der Waals surface area contributed by atoms with Gasteiger partial charge in [0.25, 0.3) is 5.91 Å². The number of nitrogens with two attached hydrogens (primary N) is 1. The molecule has 0 spiro atoms. The summed E-state index contributed by atoms with van der Waals surface area (Å²) in [6, 6.07) is 16.7. The van der Waals surface area contributed by atoms with E-state index in [1.165, 1.54) is 0 Å². The zero-order chi connectivity index (χ0) is 15.2. The Morgan fingerprint density at radius 1 is 1.24 bits per heavy atom. The molecule has 2 aromatic rings. The van der Waals surface area contributed by atoms with Crippen molar-refractivity contribution in [2.75, 3.05) is 17.2 Å². The Morgan fingerprint density at radius 2 is 1.95 bits per heavy atom. The molecule has 0 aromatic heterocycles. The smallest absolute Gasteiger partial charge is 0.258 e. The highest BCUT2D eigenvalue weighted by molar-refractivity contribution is 6.06. The number of aryl methyl sites for hydroxylation is 1. The van der Waals surface area contributed by atoms with Crippen molar-refractivity contribution >= 4 is 17.3 Å². The van der Waals surface area contributed by atoms with Crippen molar-refractivity contribution in [3.8, 4) is 6.07 Å². The summed E-state index contributed by atoms with van der Waals surface area (Å²) in [5, 5.41) is 8.79. The van der Waals surface area contributed by atoms with Gasteiger partial charge in [-0.1, -0.05) is 18.2 Å². The van der Waals surface area contributed by atoms with Gasteiger partial charge >= 0.3 is 0 Å². The van der Waals surface area contributed by atoms with Gasteiger partial charge < -0.3 is 10.6 Å². The zero-order valence-corrected chi connectivity index (χ0v) is 11.9. The van der Waals surface area contributed by atoms with Crippen LogP contribution in [0.15, 0.2) is 48.5 Å². The molecule has 0 saturated carbocycles. The fourth-order valence-corrected chi connectivity index (χ4v) is 2.08. The summed E-state index contributed by atoms with van der Waals surface area (Å²) in [6.45, 7) is 2.23. The van der Waals surface area contributed by atoms with Gasteiger partial charge in [-0.25, -0.2) is 0 Å². The average Bonchev–Trinajstić information content (AvgIpc) is 2.51. The first-order valence-electron chi connectivity index (χ1n) is 6.73. The van der Waals surface area contributed by atoms with Gasteiger partial charge in [-0.2, -0.15) is 5.26 Å². The molecular weight excluding hydrogens is 262 g/mol. The van der Waals surface area contributed by atoms with E-state index >= 15 is 0 Å². The summed E-state index contributed by atoms with van der Waals surface area (Å²) in [7, 11) is 0. The number of benzene rings is 2. The first-order chi connectivity index (χ1) is 10.1. The number of hydrogen-bond donors (Lipinski definition) is 1. The molecule has 2 N–H and O–H groups in total. The number of nitrogen functional groups attached to an aromatic ring is 1. The Kier molecular flexibility index (Phi) is 4.57. The van der Waals surface area contributed by atoms with Gasteiger partial charge in [-0.15, -0.1) is 0 Å². The topological polar surface area (TPSA) is 70.1 Å². The summed E-state index contributed by atoms with van der Waals surface area (Å²) in [4.78, 5) is 14.3. The van der Waals surface area contributed by atoms with Crippen LogP contribution in [-0.4, -0.2) is 12.5 Å². The Balaban J connectivity index is 2.34. The quantitative estimate of drug-likeness (QED) is 0.874. The summed E-state index contributed by atoms with van der Waals surface area (Å²) in [5.74, 6) is -0.125. The van der Waals surface area contributed by atoms with E-state index in [-0.39, 0.29) is 12.3 Å². The molecule has 0 aliphatic heterocycles. The van der Waals surface area contributed by atoms with Gasteiger partial charge in [-0.3, -0.25) is 4.79 Å². The number of carbonyl (C=O) groups excluding carboxylic acids is 1. The second kappa shape index (κ2) is 6.58. The third kappa shape index (κ3) is 3.40. The summed E-state index contributed by atoms with van der Waals surface area (Å²) in [6.07, 6.45) is 0.286. The molecule has 0 fully saturated rings. The maximum atomic E-state index is 12.7. The van der Waals surface area contributed by atoms with Crippen molar-refractivity contribution in [1.82, 2.24) is 0 Å². The molecule has 1 amide bonds. The van der Waals surface area contributed by atoms with Crippen LogP contribution in [0.1, 0.15) is 22.3 Å². The van der Waals surface area contributed by atoms with E-state index in [1.807, 2.05) is 37.3 Å². The highest BCUT2D eigenvalue weighted by atomic mass is 16.2. The Labute approximate surface area is 124 Å². The van der Waals surface area contributed by atoms with E-state index in [0.717, 1.165) is 11.3 Å². The predicted octanol–water partition coefficient (Wildman–Crippen LogP) is 3.14. The van der Waals surface area contributed by atoms with E-state index in [1.54, 1.807) is 23.1 Å². The van der Waals surface area contributed by atoms with Crippen LogP contribution in [0, 0.1) is 18.3 Å². The summed E-state index contributed by atoms with van der Waals surface area (Å²) < 4.78 is 0. The maximum Gasteiger partial charge on any atom is 0.258 e. The number of hydrogen-bond acceptors (Lipinski definition) is 3. The van der Waals surface area contributed by atoms with Gasteiger partial charge in [0.2, 0.25) is 0 Å². The van der Waals surface area contributed by atoms with Crippen molar-refractivity contribution in [2.45, 2.75) is 13.3 Å². The Hall–Kier alpha value is -2.80. The van der Waals surface area contributed by atoms with Crippen molar-refractivity contribution in [2.24, 2.45) is 0 Å². The van der Waals surface area contributed by atoms with Crippen LogP contribution in [0.2, 0.25) is 0 Å². The highest BCUT2D eigenvalue weighted by Crippen LogP contribution is 2.19. The fourth-order valence-electron chi connectivity index (χ4n) is 2.08. The molecule has 0 saturated heterocycles. The van der Waals surface area contributed by atoms with Crippen LogP contribution in [0.4, 0.5) is 11.4 Å². The Bertz CT molecular complexity index is 674. The second-order valence-corrected chi connectivity index (χ2v) is 4.77. The van der Waals surface area contributed by atoms with Crippen LogP contribution in [-0.2, 0) is 0 Å². The largest absolute Gasteiger partial charge is 0.399 e. The van der Waals surface area contributed by atoms with Crippen molar-refractivity contribution < 1.29 is 4.79 Å². The molecule has 0 heterocycles. The molecule has 0 unspecified atom stereocenters. The van der Waals surface area contributed by atoms with Crippen molar-refractivity contribution in [1.29, 1.82) is 5.26 Å². The molecule has 0 atom stereocenters. The fraction of sp³-hybridized carbons (Fsp3) is 0.176. The number of nitrogens with zero attached hydrogens (tertiary/aromatic N) is 2. The lowest BCUT2D eigenvalue weighted by atomic mass is 10.1. The molecule has 4 nitrogen and oxygen atoms in total. The van der Waals surface area contributed by atoms with E-state index in [2.05, 4.69) is 6.07 Å². The second-order valence-electron chi connectivity index (χ2n) is 4.77. The van der Waals surface area contributed by atoms with Crippen LogP contribution in [0.5, 0.6) is 0 Å². The van der Waals surface area contributed by atoms with Crippen molar-refractivity contribution in [3.05, 3.63) is 59.7 Å². The lowest BCUT2D eigenvalue weighted by Crippen LogP contribution is -2.31. The first-order valence-corrected chi connectivity index (χ1v) is 6.73. The monoisotopic (exact) mass is 279 g/mol. The molecule has 106 valence electrons. The molecule has 21 heavy (non-hydrogen) atoms. The number of rotatable bonds is 4. The van der Waals surface area contributed by atoms with Crippen LogP contribution in [0.25, 0.3) is 0 Å². The van der Waals surface area contributed by atoms with Crippen molar-refractivity contribution in [3.63, 3.8) is 0 Å². The molecule has 0 radical (unpaired) electrons. The number of nitriles is 1. The maximum absolute atomic E-state index is 12.7. The molecule has 4 heteroatoms. The van der Waals surface area contributed by atoms with Gasteiger partial charge in [0.05, 0.1) is 12.5 Å². The van der Waals surface area contributed by atoms with Gasteiger partial charge in [0, 0.05) is 23.5 Å². The lowest BCUT2D eigenvalue weighted by Gasteiger charge is -2.22. The minimum atomic E-state index is -0.125. The third-order valence-corrected chi connectivity index (χ3v) is 3.28. The number of carbonyl (C=O) groups is 1. The summed E-state index contributed by atoms with van der Waals surface area (Å²) >= 11 is 0. The van der Waals surface area contributed by atoms with Crippen LogP contribution < -0.4 is 10.6 Å². The van der Waals surface area contributed by atoms with Gasteiger partial charge in [0.1, 0.15) is 0 Å². The van der Waals surface area contributed by atoms with E-state index in [9.17, 15) is 4.79 Å². The highest BCUT2D eigenvalue weighted by Gasteiger charge is 2.17. The SMILES string of the molecule is Cc1cc(C(=O)N(CCC#N)c2ccccc2)ccc1N. The first kappa shape index (κ1) is 14.6. The molecule has 0 bridgehead atoms. The lowest BCUT2D eigenvalue weighted by molar-refractivity contribution is 0.0987. The van der Waals surface area contributed by atoms with Crippen LogP contribution >= 0.6 is 0 Å². The van der Waals surface area contributed by atoms with Gasteiger partial charge in [0.15, 0.2) is 0 Å². The molecular formula is C17H17N3O.